The molecule has 0 bridgehead atoms. The lowest BCUT2D eigenvalue weighted by atomic mass is 10.0. The van der Waals surface area contributed by atoms with Gasteiger partial charge in [-0.3, -0.25) is 19.6 Å². The van der Waals surface area contributed by atoms with E-state index in [1.807, 2.05) is 52.6 Å². The monoisotopic (exact) mass is 786 g/mol. The Balaban J connectivity index is 1.02. The fourth-order valence-electron chi connectivity index (χ4n) is 8.01. The van der Waals surface area contributed by atoms with E-state index < -0.39 is 0 Å². The molecular weight excluding hydrogens is 737 g/mol. The van der Waals surface area contributed by atoms with Gasteiger partial charge in [0.05, 0.1) is 48.8 Å². The molecule has 4 aromatic carbocycles. The molecule has 2 saturated heterocycles. The van der Waals surface area contributed by atoms with Gasteiger partial charge in [0, 0.05) is 37.7 Å². The van der Waals surface area contributed by atoms with E-state index in [-0.39, 0.29) is 37.1 Å². The molecule has 302 valence electrons. The van der Waals surface area contributed by atoms with Gasteiger partial charge in [-0.1, -0.05) is 19.1 Å². The number of methoxy groups -OCH3 is 2. The summed E-state index contributed by atoms with van der Waals surface area (Å²) in [5.41, 5.74) is 5.01. The lowest BCUT2D eigenvalue weighted by Crippen LogP contribution is -2.43. The second-order valence-electron chi connectivity index (χ2n) is 15.0. The molecule has 2 atom stereocenters. The number of aliphatic imine (C=N–C) groups is 2. The Labute approximate surface area is 339 Å². The van der Waals surface area contributed by atoms with Crippen LogP contribution in [-0.2, 0) is 19.6 Å². The molecule has 2 fully saturated rings. The number of nitrogens with zero attached hydrogens (tertiary/aromatic N) is 4. The fraction of sp³-hybridized carbons (Fsp3) is 0.391. The van der Waals surface area contributed by atoms with Crippen LogP contribution in [0.1, 0.15) is 82.9 Å². The first-order valence-corrected chi connectivity index (χ1v) is 20.3. The molecule has 8 rings (SSSR count). The number of benzene rings is 4. The van der Waals surface area contributed by atoms with Crippen molar-refractivity contribution in [1.29, 1.82) is 0 Å². The molecule has 2 amide bonds. The van der Waals surface area contributed by atoms with Crippen molar-refractivity contribution in [2.45, 2.75) is 77.2 Å². The molecule has 4 aliphatic rings. The smallest absolute Gasteiger partial charge is 0.256 e. The van der Waals surface area contributed by atoms with Gasteiger partial charge in [0.2, 0.25) is 0 Å². The maximum Gasteiger partial charge on any atom is 0.256 e. The predicted octanol–water partition coefficient (Wildman–Crippen LogP) is 8.30. The highest BCUT2D eigenvalue weighted by atomic mass is 16.5. The number of piperidine rings is 2. The van der Waals surface area contributed by atoms with E-state index in [0.717, 1.165) is 61.8 Å². The maximum absolute atomic E-state index is 13.6. The van der Waals surface area contributed by atoms with E-state index >= 15 is 0 Å². The zero-order valence-corrected chi connectivity index (χ0v) is 33.4. The highest BCUT2D eigenvalue weighted by Crippen LogP contribution is 2.40. The van der Waals surface area contributed by atoms with Crippen LogP contribution in [0.3, 0.4) is 0 Å². The quantitative estimate of drug-likeness (QED) is 0.117. The molecule has 0 saturated carbocycles. The van der Waals surface area contributed by atoms with Crippen molar-refractivity contribution in [2.24, 2.45) is 9.98 Å². The van der Waals surface area contributed by atoms with Crippen molar-refractivity contribution in [1.82, 2.24) is 9.80 Å². The van der Waals surface area contributed by atoms with Crippen LogP contribution < -0.4 is 28.4 Å². The second kappa shape index (κ2) is 17.6. The average molecular weight is 787 g/mol. The van der Waals surface area contributed by atoms with Gasteiger partial charge in [-0.25, -0.2) is 0 Å². The predicted molar refractivity (Wildman–Crippen MR) is 222 cm³/mol. The molecule has 12 nitrogen and oxygen atoms in total. The summed E-state index contributed by atoms with van der Waals surface area (Å²) >= 11 is 0. The zero-order valence-electron chi connectivity index (χ0n) is 33.4. The van der Waals surface area contributed by atoms with E-state index in [1.165, 1.54) is 5.56 Å². The van der Waals surface area contributed by atoms with E-state index in [0.29, 0.717) is 77.6 Å². The third-order valence-electron chi connectivity index (χ3n) is 11.2. The molecule has 12 heteroatoms. The summed E-state index contributed by atoms with van der Waals surface area (Å²) in [7, 11) is 3.13. The number of aryl methyl sites for hydroxylation is 1. The minimum Gasteiger partial charge on any atom is -0.493 e. The van der Waals surface area contributed by atoms with Crippen LogP contribution in [0.25, 0.3) is 0 Å². The number of carbonyl (C=O) groups excluding carboxylic acids is 2. The summed E-state index contributed by atoms with van der Waals surface area (Å²) in [4.78, 5) is 40.4. The second-order valence-corrected chi connectivity index (χ2v) is 15.0. The lowest BCUT2D eigenvalue weighted by Gasteiger charge is -2.32. The van der Waals surface area contributed by atoms with Crippen LogP contribution in [0.5, 0.6) is 34.5 Å². The van der Waals surface area contributed by atoms with Gasteiger partial charge in [0.25, 0.3) is 11.8 Å². The third kappa shape index (κ3) is 8.46. The highest BCUT2D eigenvalue weighted by molar-refractivity contribution is 6.04. The molecule has 58 heavy (non-hydrogen) atoms. The van der Waals surface area contributed by atoms with E-state index in [9.17, 15) is 9.59 Å². The number of rotatable bonds is 14. The molecule has 4 aromatic rings. The zero-order chi connectivity index (χ0) is 40.0. The van der Waals surface area contributed by atoms with Gasteiger partial charge in [0.1, 0.15) is 37.9 Å². The van der Waals surface area contributed by atoms with Gasteiger partial charge in [-0.05, 0) is 104 Å². The standard InChI is InChI=1S/C46H50N4O8/c1-4-30-11-13-35(14-12-30)55-17-18-56-36-20-31(28-57-43-24-39-37(22-41(43)53-2)45(51)49-15-7-5-9-33(49)26-47-39)19-32(21-36)29-58-44-25-40-38(23-42(44)54-3)46(52)50-16-8-6-10-34(50)27-48-40/h11-14,19-27,33-34H,4-10,15-18,28-29H2,1-3H3/t33-,34-/m0/s1. The van der Waals surface area contributed by atoms with E-state index in [2.05, 4.69) is 19.1 Å². The Bertz CT molecular complexity index is 2080. The molecule has 4 aliphatic heterocycles. The number of carbonyl (C=O) groups is 2. The van der Waals surface area contributed by atoms with Gasteiger partial charge in [0.15, 0.2) is 23.0 Å². The van der Waals surface area contributed by atoms with Crippen LogP contribution in [0.4, 0.5) is 11.4 Å². The van der Waals surface area contributed by atoms with Crippen molar-refractivity contribution in [3.05, 3.63) is 94.5 Å². The van der Waals surface area contributed by atoms with Gasteiger partial charge < -0.3 is 38.2 Å². The minimum absolute atomic E-state index is 0.0114. The van der Waals surface area contributed by atoms with Gasteiger partial charge in [-0.2, -0.15) is 0 Å². The number of hydrogen-bond donors (Lipinski definition) is 0. The summed E-state index contributed by atoms with van der Waals surface area (Å²) in [6.07, 6.45) is 10.6. The Kier molecular flexibility index (Phi) is 11.8. The molecule has 0 aromatic heterocycles. The van der Waals surface area contributed by atoms with Crippen molar-refractivity contribution < 1.29 is 38.0 Å². The van der Waals surface area contributed by atoms with Crippen molar-refractivity contribution in [2.75, 3.05) is 40.5 Å². The molecular formula is C46H50N4O8. The summed E-state index contributed by atoms with van der Waals surface area (Å²) < 4.78 is 36.4. The summed E-state index contributed by atoms with van der Waals surface area (Å²) in [5, 5.41) is 0. The van der Waals surface area contributed by atoms with Crippen LogP contribution in [0.15, 0.2) is 76.7 Å². The molecule has 0 unspecified atom stereocenters. The number of amides is 2. The summed E-state index contributed by atoms with van der Waals surface area (Å²) in [5.74, 6) is 3.15. The van der Waals surface area contributed by atoms with E-state index in [4.69, 9.17) is 38.4 Å². The normalized spacial score (nSPS) is 18.3. The van der Waals surface area contributed by atoms with Crippen LogP contribution in [0, 0.1) is 0 Å². The first-order chi connectivity index (χ1) is 28.4. The molecule has 0 aliphatic carbocycles. The molecule has 0 spiro atoms. The molecule has 0 N–H and O–H groups in total. The number of hydrogen-bond acceptors (Lipinski definition) is 10. The molecule has 4 heterocycles. The van der Waals surface area contributed by atoms with Crippen LogP contribution in [-0.4, -0.2) is 86.6 Å². The Hall–Kier alpha value is -6.04. The van der Waals surface area contributed by atoms with Crippen molar-refractivity contribution in [3.63, 3.8) is 0 Å². The molecule has 0 radical (unpaired) electrons. The Morgan fingerprint density at radius 3 is 1.55 bits per heavy atom. The van der Waals surface area contributed by atoms with Crippen LogP contribution in [0.2, 0.25) is 0 Å². The largest absolute Gasteiger partial charge is 0.493 e. The fourth-order valence-corrected chi connectivity index (χ4v) is 8.01. The SMILES string of the molecule is CCc1ccc(OCCOc2cc(COc3cc4c(cc3OC)C(=O)N3CCCC[C@H]3C=N4)cc(COc3cc4c(cc3OC)C(=O)N3CCCC[C@H]3C=N4)c2)cc1. The summed E-state index contributed by atoms with van der Waals surface area (Å²) in [6.45, 7) is 4.55. The Morgan fingerprint density at radius 2 is 1.07 bits per heavy atom. The maximum atomic E-state index is 13.6. The highest BCUT2D eigenvalue weighted by Gasteiger charge is 2.32. The van der Waals surface area contributed by atoms with Gasteiger partial charge >= 0.3 is 0 Å². The first-order valence-electron chi connectivity index (χ1n) is 20.3. The van der Waals surface area contributed by atoms with E-state index in [1.54, 1.807) is 38.5 Å². The van der Waals surface area contributed by atoms with Gasteiger partial charge in [-0.15, -0.1) is 0 Å². The third-order valence-corrected chi connectivity index (χ3v) is 11.2. The van der Waals surface area contributed by atoms with Crippen LogP contribution >= 0.6 is 0 Å². The lowest BCUT2D eigenvalue weighted by molar-refractivity contribution is 0.0680. The summed E-state index contributed by atoms with van der Waals surface area (Å²) in [6, 6.07) is 20.9. The topological polar surface area (TPSA) is 121 Å². The number of ether oxygens (including phenoxy) is 6. The average Bonchev–Trinajstić information content (AvgIpc) is 3.49. The Morgan fingerprint density at radius 1 is 0.569 bits per heavy atom. The van der Waals surface area contributed by atoms with Crippen molar-refractivity contribution in [3.8, 4) is 34.5 Å². The first kappa shape index (κ1) is 38.8. The number of fused-ring (bicyclic) bond motifs is 4. The van der Waals surface area contributed by atoms with Crippen molar-refractivity contribution >= 4 is 35.6 Å². The minimum atomic E-state index is -0.0428.